The third-order valence-corrected chi connectivity index (χ3v) is 11.0. The molecule has 0 saturated carbocycles. The number of ether oxygens (including phenoxy) is 2. The Morgan fingerprint density at radius 1 is 0.586 bits per heavy atom. The normalized spacial score (nSPS) is 13.8. The number of carboxylic acids is 1. The topological polar surface area (TPSA) is 172 Å². The number of aliphatic carboxylic acids is 1. The van der Waals surface area contributed by atoms with Crippen molar-refractivity contribution in [2.45, 2.75) is 218 Å². The number of carbonyl (C=O) groups excluding carboxylic acids is 2. The minimum atomic E-state index is -4.72. The van der Waals surface area contributed by atoms with Gasteiger partial charge in [-0.2, -0.15) is 0 Å². The van der Waals surface area contributed by atoms with E-state index in [9.17, 15) is 23.8 Å². The van der Waals surface area contributed by atoms with Gasteiger partial charge < -0.3 is 25.2 Å². The van der Waals surface area contributed by atoms with Crippen molar-refractivity contribution in [3.8, 4) is 0 Å². The monoisotopic (exact) mass is 842 g/mol. The molecule has 4 N–H and O–H groups in total. The first-order valence-corrected chi connectivity index (χ1v) is 24.5. The lowest BCUT2D eigenvalue weighted by Crippen LogP contribution is -2.34. The van der Waals surface area contributed by atoms with Crippen LogP contribution < -0.4 is 5.73 Å². The standard InChI is InChI=1S/C46H84NO10P/c1-3-5-7-9-11-13-15-17-19-20-21-22-24-26-28-30-32-34-36-38-45(49)57-42(40-55-58(52,53)56-41-43(47)46(50)51)39-54-44(48)37-35-33-31-29-27-25-23-18-16-14-12-10-8-6-4-2/h4,11,13,17,19,42-43H,2-3,5-10,12,14-16,18,20-41,47H2,1H3,(H,50,51)(H,52,53)/b13-11+,19-17+/t42-,43+/m1/s1. The Kier molecular flexibility index (Phi) is 39.8. The fourth-order valence-corrected chi connectivity index (χ4v) is 7.15. The molecule has 0 aliphatic rings. The highest BCUT2D eigenvalue weighted by molar-refractivity contribution is 7.47. The number of rotatable bonds is 44. The summed E-state index contributed by atoms with van der Waals surface area (Å²) in [5.41, 5.74) is 5.34. The molecule has 0 saturated heterocycles. The van der Waals surface area contributed by atoms with Gasteiger partial charge >= 0.3 is 25.7 Å². The molecule has 0 aromatic heterocycles. The van der Waals surface area contributed by atoms with Gasteiger partial charge in [0, 0.05) is 12.8 Å². The molecule has 0 aliphatic heterocycles. The Hall–Kier alpha value is -2.30. The molecule has 0 fully saturated rings. The molecule has 0 aromatic carbocycles. The summed E-state index contributed by atoms with van der Waals surface area (Å²) in [6.45, 7) is 4.31. The van der Waals surface area contributed by atoms with Crippen molar-refractivity contribution < 1.29 is 47.5 Å². The molecule has 0 amide bonds. The van der Waals surface area contributed by atoms with E-state index in [1.165, 1.54) is 116 Å². The first-order valence-electron chi connectivity index (χ1n) is 23.0. The van der Waals surface area contributed by atoms with Crippen LogP contribution in [0, 0.1) is 0 Å². The zero-order valence-corrected chi connectivity index (χ0v) is 37.4. The first-order chi connectivity index (χ1) is 28.1. The molecule has 0 bridgehead atoms. The number of unbranched alkanes of at least 4 members (excludes halogenated alkanes) is 25. The zero-order valence-electron chi connectivity index (χ0n) is 36.5. The van der Waals surface area contributed by atoms with Gasteiger partial charge in [0.25, 0.3) is 0 Å². The Labute approximate surface area is 353 Å². The largest absolute Gasteiger partial charge is 0.480 e. The van der Waals surface area contributed by atoms with Gasteiger partial charge in [0.1, 0.15) is 12.6 Å². The summed E-state index contributed by atoms with van der Waals surface area (Å²) in [6.07, 6.45) is 43.8. The van der Waals surface area contributed by atoms with E-state index in [4.69, 9.17) is 24.8 Å². The molecule has 0 radical (unpaired) electrons. The minimum Gasteiger partial charge on any atom is -0.480 e. The summed E-state index contributed by atoms with van der Waals surface area (Å²) >= 11 is 0. The van der Waals surface area contributed by atoms with Gasteiger partial charge in [0.15, 0.2) is 6.10 Å². The highest BCUT2D eigenvalue weighted by Gasteiger charge is 2.28. The average Bonchev–Trinajstić information content (AvgIpc) is 3.20. The maximum absolute atomic E-state index is 12.7. The number of hydrogen-bond acceptors (Lipinski definition) is 9. The summed E-state index contributed by atoms with van der Waals surface area (Å²) < 4.78 is 32.7. The second-order valence-electron chi connectivity index (χ2n) is 15.6. The molecule has 0 spiro atoms. The lowest BCUT2D eigenvalue weighted by Gasteiger charge is -2.20. The minimum absolute atomic E-state index is 0.157. The van der Waals surface area contributed by atoms with Gasteiger partial charge in [-0.1, -0.05) is 166 Å². The number of allylic oxidation sites excluding steroid dienone is 5. The van der Waals surface area contributed by atoms with Gasteiger partial charge in [-0.05, 0) is 57.8 Å². The second-order valence-corrected chi connectivity index (χ2v) is 17.1. The quantitative estimate of drug-likeness (QED) is 0.0231. The molecular weight excluding hydrogens is 757 g/mol. The van der Waals surface area contributed by atoms with Crippen molar-refractivity contribution in [3.05, 3.63) is 37.0 Å². The molecule has 0 aromatic rings. The zero-order chi connectivity index (χ0) is 42.8. The van der Waals surface area contributed by atoms with Crippen LogP contribution in [-0.4, -0.2) is 59.9 Å². The van der Waals surface area contributed by atoms with Crippen LogP contribution in [-0.2, 0) is 37.5 Å². The van der Waals surface area contributed by atoms with E-state index in [1.807, 2.05) is 6.08 Å². The van der Waals surface area contributed by atoms with Crippen molar-refractivity contribution in [1.82, 2.24) is 0 Å². The van der Waals surface area contributed by atoms with Crippen LogP contribution in [0.2, 0.25) is 0 Å². The van der Waals surface area contributed by atoms with Crippen LogP contribution >= 0.6 is 7.82 Å². The number of carboxylic acid groups (broad SMARTS) is 1. The van der Waals surface area contributed by atoms with Crippen molar-refractivity contribution in [2.24, 2.45) is 5.73 Å². The number of nitrogens with two attached hydrogens (primary N) is 1. The molecular formula is C46H84NO10P. The van der Waals surface area contributed by atoms with Gasteiger partial charge in [-0.15, -0.1) is 6.58 Å². The Balaban J connectivity index is 4.30. The molecule has 338 valence electrons. The number of esters is 2. The average molecular weight is 842 g/mol. The predicted octanol–water partition coefficient (Wildman–Crippen LogP) is 12.4. The van der Waals surface area contributed by atoms with Crippen molar-refractivity contribution >= 4 is 25.7 Å². The van der Waals surface area contributed by atoms with E-state index in [-0.39, 0.29) is 19.4 Å². The van der Waals surface area contributed by atoms with E-state index in [1.54, 1.807) is 0 Å². The van der Waals surface area contributed by atoms with Crippen LogP contribution in [0.25, 0.3) is 0 Å². The highest BCUT2D eigenvalue weighted by atomic mass is 31.2. The third kappa shape index (κ3) is 40.5. The van der Waals surface area contributed by atoms with E-state index in [0.717, 1.165) is 57.8 Å². The van der Waals surface area contributed by atoms with Crippen LogP contribution in [0.3, 0.4) is 0 Å². The van der Waals surface area contributed by atoms with Gasteiger partial charge in [0.05, 0.1) is 13.2 Å². The van der Waals surface area contributed by atoms with Crippen molar-refractivity contribution in [3.63, 3.8) is 0 Å². The highest BCUT2D eigenvalue weighted by Crippen LogP contribution is 2.43. The van der Waals surface area contributed by atoms with E-state index in [0.29, 0.717) is 12.8 Å². The van der Waals surface area contributed by atoms with Crippen molar-refractivity contribution in [1.29, 1.82) is 0 Å². The fourth-order valence-electron chi connectivity index (χ4n) is 6.37. The summed E-state index contributed by atoms with van der Waals surface area (Å²) in [7, 11) is -4.72. The SMILES string of the molecule is C=CCCCCCCCCCCCCCCCC(=O)OC[C@H](COP(=O)(O)OC[C@H](N)C(=O)O)OC(=O)CCCCCCCCCCC/C=C/C/C=C/CCCCC. The Morgan fingerprint density at radius 2 is 1.00 bits per heavy atom. The van der Waals surface area contributed by atoms with E-state index >= 15 is 0 Å². The summed E-state index contributed by atoms with van der Waals surface area (Å²) in [5, 5.41) is 8.90. The van der Waals surface area contributed by atoms with E-state index < -0.39 is 51.1 Å². The summed E-state index contributed by atoms with van der Waals surface area (Å²) in [5.74, 6) is -2.38. The number of phosphoric ester groups is 1. The first kappa shape index (κ1) is 55.7. The van der Waals surface area contributed by atoms with E-state index in [2.05, 4.69) is 42.3 Å². The summed E-state index contributed by atoms with van der Waals surface area (Å²) in [6, 6.07) is -1.52. The number of hydrogen-bond donors (Lipinski definition) is 3. The smallest absolute Gasteiger partial charge is 0.472 e. The summed E-state index contributed by atoms with van der Waals surface area (Å²) in [4.78, 5) is 46.0. The lowest BCUT2D eigenvalue weighted by molar-refractivity contribution is -0.161. The Morgan fingerprint density at radius 3 is 1.47 bits per heavy atom. The van der Waals surface area contributed by atoms with Crippen LogP contribution in [0.5, 0.6) is 0 Å². The maximum atomic E-state index is 12.7. The van der Waals surface area contributed by atoms with Gasteiger partial charge in [-0.25, -0.2) is 4.57 Å². The molecule has 0 aliphatic carbocycles. The number of carbonyl (C=O) groups is 3. The van der Waals surface area contributed by atoms with Crippen LogP contribution in [0.15, 0.2) is 37.0 Å². The second kappa shape index (κ2) is 41.4. The molecule has 0 rings (SSSR count). The van der Waals surface area contributed by atoms with Gasteiger partial charge in [-0.3, -0.25) is 23.4 Å². The van der Waals surface area contributed by atoms with Crippen molar-refractivity contribution in [2.75, 3.05) is 19.8 Å². The molecule has 0 heterocycles. The third-order valence-electron chi connectivity index (χ3n) is 10.0. The predicted molar refractivity (Wildman–Crippen MR) is 235 cm³/mol. The number of phosphoric acid groups is 1. The molecule has 1 unspecified atom stereocenters. The lowest BCUT2D eigenvalue weighted by atomic mass is 10.0. The molecule has 3 atom stereocenters. The van der Waals surface area contributed by atoms with Crippen LogP contribution in [0.1, 0.15) is 206 Å². The van der Waals surface area contributed by atoms with Crippen LogP contribution in [0.4, 0.5) is 0 Å². The molecule has 12 heteroatoms. The van der Waals surface area contributed by atoms with Gasteiger partial charge in [0.2, 0.25) is 0 Å². The molecule has 58 heavy (non-hydrogen) atoms. The Bertz CT molecular complexity index is 1110. The molecule has 11 nitrogen and oxygen atoms in total. The fraction of sp³-hybridized carbons (Fsp3) is 0.804. The maximum Gasteiger partial charge on any atom is 0.472 e.